The zero-order valence-corrected chi connectivity index (χ0v) is 13.5. The molecule has 0 aromatic heterocycles. The second-order valence-corrected chi connectivity index (χ2v) is 5.75. The van der Waals surface area contributed by atoms with Gasteiger partial charge in [0.1, 0.15) is 12.6 Å². The molecule has 2 unspecified atom stereocenters. The lowest BCUT2D eigenvalue weighted by molar-refractivity contribution is -0.154. The molecule has 0 aliphatic carbocycles. The van der Waals surface area contributed by atoms with Gasteiger partial charge in [-0.1, -0.05) is 30.3 Å². The summed E-state index contributed by atoms with van der Waals surface area (Å²) >= 11 is 0. The summed E-state index contributed by atoms with van der Waals surface area (Å²) in [6.45, 7) is -0.601. The number of hydroxylamine groups is 1. The van der Waals surface area contributed by atoms with Crippen molar-refractivity contribution in [3.63, 3.8) is 0 Å². The summed E-state index contributed by atoms with van der Waals surface area (Å²) in [4.78, 5) is 48.2. The Labute approximate surface area is 144 Å². The lowest BCUT2D eigenvalue weighted by atomic mass is 10.0. The highest BCUT2D eigenvalue weighted by Crippen LogP contribution is 2.13. The van der Waals surface area contributed by atoms with Gasteiger partial charge in [0.25, 0.3) is 11.8 Å². The topological polar surface area (TPSA) is 142 Å². The zero-order valence-electron chi connectivity index (χ0n) is 13.5. The lowest BCUT2D eigenvalue weighted by Crippen LogP contribution is -2.58. The second-order valence-electron chi connectivity index (χ2n) is 5.75. The Balaban J connectivity index is 1.96. The van der Waals surface area contributed by atoms with Crippen molar-refractivity contribution in [2.75, 3.05) is 6.54 Å². The van der Waals surface area contributed by atoms with Crippen molar-refractivity contribution in [1.82, 2.24) is 15.7 Å². The van der Waals surface area contributed by atoms with Gasteiger partial charge in [-0.15, -0.1) is 0 Å². The molecule has 1 heterocycles. The molecule has 134 valence electrons. The van der Waals surface area contributed by atoms with Crippen molar-refractivity contribution < 1.29 is 24.4 Å². The van der Waals surface area contributed by atoms with Gasteiger partial charge in [-0.2, -0.15) is 0 Å². The number of amides is 4. The minimum Gasteiger partial charge on any atom is -0.343 e. The number of nitrogens with zero attached hydrogens (tertiary/aromatic N) is 1. The predicted octanol–water partition coefficient (Wildman–Crippen LogP) is -1.30. The average molecular weight is 348 g/mol. The monoisotopic (exact) mass is 348 g/mol. The smallest absolute Gasteiger partial charge is 0.263 e. The molecule has 1 aliphatic heterocycles. The summed E-state index contributed by atoms with van der Waals surface area (Å²) in [7, 11) is 0. The molecule has 1 saturated heterocycles. The number of likely N-dealkylation sites (tertiary alicyclic amines) is 1. The van der Waals surface area contributed by atoms with Gasteiger partial charge in [-0.05, 0) is 18.4 Å². The van der Waals surface area contributed by atoms with Crippen LogP contribution < -0.4 is 16.5 Å². The summed E-state index contributed by atoms with van der Waals surface area (Å²) in [5, 5.41) is 11.1. The Kier molecular flexibility index (Phi) is 6.20. The van der Waals surface area contributed by atoms with E-state index in [1.165, 1.54) is 5.48 Å². The number of imide groups is 1. The van der Waals surface area contributed by atoms with Gasteiger partial charge in [-0.25, -0.2) is 5.48 Å². The molecule has 0 spiro atoms. The maximum absolute atomic E-state index is 12.3. The molecule has 1 fully saturated rings. The highest BCUT2D eigenvalue weighted by molar-refractivity contribution is 6.04. The van der Waals surface area contributed by atoms with E-state index >= 15 is 0 Å². The molecule has 1 aromatic rings. The Morgan fingerprint density at radius 1 is 1.28 bits per heavy atom. The van der Waals surface area contributed by atoms with Crippen LogP contribution in [0.4, 0.5) is 0 Å². The highest BCUT2D eigenvalue weighted by Gasteiger charge is 2.36. The number of rotatable bonds is 6. The number of carbonyl (C=O) groups is 4. The minimum atomic E-state index is -0.932. The summed E-state index contributed by atoms with van der Waals surface area (Å²) in [6, 6.07) is 7.42. The molecule has 25 heavy (non-hydrogen) atoms. The molecule has 0 bridgehead atoms. The number of benzene rings is 1. The first-order valence-corrected chi connectivity index (χ1v) is 7.79. The fraction of sp³-hybridized carbons (Fsp3) is 0.375. The van der Waals surface area contributed by atoms with Crippen molar-refractivity contribution in [2.45, 2.75) is 31.3 Å². The van der Waals surface area contributed by atoms with Gasteiger partial charge in [0.2, 0.25) is 11.8 Å². The van der Waals surface area contributed by atoms with Gasteiger partial charge >= 0.3 is 0 Å². The van der Waals surface area contributed by atoms with Crippen LogP contribution in [0.2, 0.25) is 0 Å². The SMILES string of the molecule is NC(Cc1ccccc1)C(=O)NC1CCC(=O)N(CC(=O)NO)C1=O. The van der Waals surface area contributed by atoms with Crippen molar-refractivity contribution >= 4 is 23.6 Å². The van der Waals surface area contributed by atoms with E-state index in [9.17, 15) is 19.2 Å². The van der Waals surface area contributed by atoms with Gasteiger partial charge < -0.3 is 11.1 Å². The quantitative estimate of drug-likeness (QED) is 0.286. The molecule has 2 atom stereocenters. The fourth-order valence-electron chi connectivity index (χ4n) is 2.56. The Bertz CT molecular complexity index is 664. The minimum absolute atomic E-state index is 0.00329. The Morgan fingerprint density at radius 2 is 1.96 bits per heavy atom. The number of piperidine rings is 1. The molecule has 0 radical (unpaired) electrons. The van der Waals surface area contributed by atoms with E-state index in [1.54, 1.807) is 0 Å². The van der Waals surface area contributed by atoms with Crippen LogP contribution in [0.5, 0.6) is 0 Å². The molecule has 1 aromatic carbocycles. The largest absolute Gasteiger partial charge is 0.343 e. The number of nitrogens with two attached hydrogens (primary N) is 1. The fourth-order valence-corrected chi connectivity index (χ4v) is 2.56. The first-order valence-electron chi connectivity index (χ1n) is 7.79. The van der Waals surface area contributed by atoms with Gasteiger partial charge in [0, 0.05) is 6.42 Å². The van der Waals surface area contributed by atoms with Crippen molar-refractivity contribution in [1.29, 1.82) is 0 Å². The molecule has 9 nitrogen and oxygen atoms in total. The lowest BCUT2D eigenvalue weighted by Gasteiger charge is -2.30. The number of nitrogens with one attached hydrogen (secondary N) is 2. The zero-order chi connectivity index (χ0) is 18.4. The van der Waals surface area contributed by atoms with Crippen molar-refractivity contribution in [2.24, 2.45) is 5.73 Å². The average Bonchev–Trinajstić information content (AvgIpc) is 2.61. The Morgan fingerprint density at radius 3 is 2.60 bits per heavy atom. The number of hydrogen-bond donors (Lipinski definition) is 4. The van der Waals surface area contributed by atoms with Crippen LogP contribution in [0.1, 0.15) is 18.4 Å². The second kappa shape index (κ2) is 8.36. The standard InChI is InChI=1S/C16H20N4O5/c17-11(8-10-4-2-1-3-5-10)15(23)18-12-6-7-14(22)20(16(12)24)9-13(21)19-25/h1-5,11-12,25H,6-9,17H2,(H,18,23)(H,19,21). The summed E-state index contributed by atoms with van der Waals surface area (Å²) in [6.07, 6.45) is 0.450. The van der Waals surface area contributed by atoms with E-state index in [2.05, 4.69) is 5.32 Å². The van der Waals surface area contributed by atoms with E-state index in [4.69, 9.17) is 10.9 Å². The van der Waals surface area contributed by atoms with Crippen LogP contribution in [-0.2, 0) is 25.6 Å². The van der Waals surface area contributed by atoms with Crippen molar-refractivity contribution in [3.8, 4) is 0 Å². The third-order valence-corrected chi connectivity index (χ3v) is 3.89. The predicted molar refractivity (Wildman–Crippen MR) is 85.9 cm³/mol. The van der Waals surface area contributed by atoms with E-state index in [1.807, 2.05) is 30.3 Å². The summed E-state index contributed by atoms with van der Waals surface area (Å²) in [5.74, 6) is -2.63. The van der Waals surface area contributed by atoms with Crippen LogP contribution in [-0.4, -0.2) is 52.4 Å². The van der Waals surface area contributed by atoms with E-state index < -0.39 is 42.3 Å². The third-order valence-electron chi connectivity index (χ3n) is 3.89. The van der Waals surface area contributed by atoms with Gasteiger partial charge in [0.05, 0.1) is 6.04 Å². The number of hydrogen-bond acceptors (Lipinski definition) is 6. The first kappa shape index (κ1) is 18.6. The molecule has 9 heteroatoms. The molecular formula is C16H20N4O5. The number of carbonyl (C=O) groups excluding carboxylic acids is 4. The molecule has 4 amide bonds. The maximum atomic E-state index is 12.3. The maximum Gasteiger partial charge on any atom is 0.263 e. The van der Waals surface area contributed by atoms with Crippen LogP contribution >= 0.6 is 0 Å². The molecular weight excluding hydrogens is 328 g/mol. The van der Waals surface area contributed by atoms with E-state index in [0.29, 0.717) is 11.3 Å². The highest BCUT2D eigenvalue weighted by atomic mass is 16.5. The molecule has 2 rings (SSSR count). The Hall–Kier alpha value is -2.78. The first-order chi connectivity index (χ1) is 11.9. The molecule has 0 saturated carbocycles. The normalized spacial score (nSPS) is 18.6. The summed E-state index contributed by atoms with van der Waals surface area (Å²) in [5.41, 5.74) is 8.12. The molecule has 5 N–H and O–H groups in total. The third kappa shape index (κ3) is 4.85. The molecule has 1 aliphatic rings. The van der Waals surface area contributed by atoms with Gasteiger partial charge in [0.15, 0.2) is 0 Å². The summed E-state index contributed by atoms with van der Waals surface area (Å²) < 4.78 is 0. The van der Waals surface area contributed by atoms with Crippen LogP contribution in [0, 0.1) is 0 Å². The van der Waals surface area contributed by atoms with Crippen LogP contribution in [0.25, 0.3) is 0 Å². The van der Waals surface area contributed by atoms with E-state index in [-0.39, 0.29) is 12.8 Å². The van der Waals surface area contributed by atoms with Crippen LogP contribution in [0.15, 0.2) is 30.3 Å². The van der Waals surface area contributed by atoms with E-state index in [0.717, 1.165) is 5.56 Å². The van der Waals surface area contributed by atoms with Crippen LogP contribution in [0.3, 0.4) is 0 Å². The van der Waals surface area contributed by atoms with Crippen molar-refractivity contribution in [3.05, 3.63) is 35.9 Å². The van der Waals surface area contributed by atoms with Gasteiger partial charge in [-0.3, -0.25) is 29.3 Å².